The largest absolute Gasteiger partial charge is 0.489 e. The summed E-state index contributed by atoms with van der Waals surface area (Å²) >= 11 is 5.84. The number of nitrogens with zero attached hydrogens (tertiary/aromatic N) is 1. The number of carbonyl (C=O) groups is 1. The van der Waals surface area contributed by atoms with Crippen molar-refractivity contribution in [1.29, 1.82) is 0 Å². The Balaban J connectivity index is 1.90. The lowest BCUT2D eigenvalue weighted by molar-refractivity contribution is 0.0954. The normalized spacial score (nSPS) is 12.6. The number of carbonyl (C=O) groups excluding carboxylic acids is 1. The average Bonchev–Trinajstić information content (AvgIpc) is 2.65. The van der Waals surface area contributed by atoms with Crippen molar-refractivity contribution in [2.75, 3.05) is 0 Å². The van der Waals surface area contributed by atoms with E-state index in [-0.39, 0.29) is 5.91 Å². The van der Waals surface area contributed by atoms with Crippen LogP contribution in [0.15, 0.2) is 53.6 Å². The maximum atomic E-state index is 12.1. The molecule has 1 N–H and O–H groups in total. The molecule has 0 aliphatic carbocycles. The third-order valence-corrected chi connectivity index (χ3v) is 4.35. The van der Waals surface area contributed by atoms with Gasteiger partial charge in [-0.2, -0.15) is 5.10 Å². The van der Waals surface area contributed by atoms with Crippen LogP contribution < -0.4 is 10.2 Å². The van der Waals surface area contributed by atoms with E-state index in [4.69, 9.17) is 16.3 Å². The van der Waals surface area contributed by atoms with Gasteiger partial charge >= 0.3 is 0 Å². The Bertz CT molecular complexity index is 724. The van der Waals surface area contributed by atoms with Gasteiger partial charge < -0.3 is 4.74 Å². The second kappa shape index (κ2) is 9.23. The van der Waals surface area contributed by atoms with Gasteiger partial charge in [0.15, 0.2) is 0 Å². The number of benzene rings is 2. The van der Waals surface area contributed by atoms with Crippen molar-refractivity contribution < 1.29 is 9.53 Å². The predicted octanol–water partition coefficient (Wildman–Crippen LogP) is 5.07. The number of nitrogens with one attached hydrogen (secondary N) is 1. The molecule has 0 bridgehead atoms. The Hall–Kier alpha value is -2.33. The highest BCUT2D eigenvalue weighted by Crippen LogP contribution is 2.17. The summed E-state index contributed by atoms with van der Waals surface area (Å²) in [7, 11) is 0. The molecule has 0 spiro atoms. The SMILES string of the molecule is CC[C@H](C)/C(C)=N\NC(=O)c1ccc(COc2ccc(Cl)cc2)cc1. The van der Waals surface area contributed by atoms with Crippen LogP contribution >= 0.6 is 11.6 Å². The van der Waals surface area contributed by atoms with Gasteiger partial charge in [0.05, 0.1) is 0 Å². The molecule has 0 aliphatic rings. The van der Waals surface area contributed by atoms with E-state index in [1.807, 2.05) is 31.2 Å². The highest BCUT2D eigenvalue weighted by atomic mass is 35.5. The monoisotopic (exact) mass is 358 g/mol. The first-order chi connectivity index (χ1) is 12.0. The van der Waals surface area contributed by atoms with E-state index >= 15 is 0 Å². The predicted molar refractivity (Wildman–Crippen MR) is 102 cm³/mol. The fourth-order valence-corrected chi connectivity index (χ4v) is 2.18. The molecule has 0 unspecified atom stereocenters. The number of amides is 1. The molecule has 1 atom stereocenters. The quantitative estimate of drug-likeness (QED) is 0.554. The van der Waals surface area contributed by atoms with Gasteiger partial charge in [0, 0.05) is 16.3 Å². The van der Waals surface area contributed by atoms with Crippen LogP contribution in [0.25, 0.3) is 0 Å². The molecule has 0 aliphatic heterocycles. The van der Waals surface area contributed by atoms with E-state index in [2.05, 4.69) is 24.4 Å². The minimum Gasteiger partial charge on any atom is -0.489 e. The van der Waals surface area contributed by atoms with Crippen LogP contribution in [-0.2, 0) is 6.61 Å². The Morgan fingerprint density at radius 2 is 1.80 bits per heavy atom. The highest BCUT2D eigenvalue weighted by Gasteiger charge is 2.07. The van der Waals surface area contributed by atoms with E-state index in [1.54, 1.807) is 24.3 Å². The van der Waals surface area contributed by atoms with Crippen LogP contribution in [0.1, 0.15) is 43.1 Å². The Morgan fingerprint density at radius 1 is 1.16 bits per heavy atom. The second-order valence-electron chi connectivity index (χ2n) is 5.94. The molecule has 2 aromatic carbocycles. The van der Waals surface area contributed by atoms with Crippen molar-refractivity contribution in [1.82, 2.24) is 5.43 Å². The first-order valence-corrected chi connectivity index (χ1v) is 8.69. The number of hydrogen-bond donors (Lipinski definition) is 1. The molecule has 132 valence electrons. The summed E-state index contributed by atoms with van der Waals surface area (Å²) in [6.45, 7) is 6.53. The molecular weight excluding hydrogens is 336 g/mol. The van der Waals surface area contributed by atoms with Crippen LogP contribution in [-0.4, -0.2) is 11.6 Å². The van der Waals surface area contributed by atoms with Crippen molar-refractivity contribution in [2.45, 2.75) is 33.8 Å². The summed E-state index contributed by atoms with van der Waals surface area (Å²) in [6.07, 6.45) is 0.994. The molecule has 0 saturated heterocycles. The first kappa shape index (κ1) is 19.0. The van der Waals surface area contributed by atoms with Crippen molar-refractivity contribution in [3.05, 3.63) is 64.7 Å². The molecule has 0 fully saturated rings. The van der Waals surface area contributed by atoms with Crippen LogP contribution in [0, 0.1) is 5.92 Å². The molecular formula is C20H23ClN2O2. The van der Waals surface area contributed by atoms with E-state index in [1.165, 1.54) is 0 Å². The fraction of sp³-hybridized carbons (Fsp3) is 0.300. The third-order valence-electron chi connectivity index (χ3n) is 4.09. The Morgan fingerprint density at radius 3 is 2.40 bits per heavy atom. The second-order valence-corrected chi connectivity index (χ2v) is 6.38. The lowest BCUT2D eigenvalue weighted by Crippen LogP contribution is -2.21. The highest BCUT2D eigenvalue weighted by molar-refractivity contribution is 6.30. The minimum atomic E-state index is -0.215. The molecule has 25 heavy (non-hydrogen) atoms. The van der Waals surface area contributed by atoms with Crippen LogP contribution in [0.5, 0.6) is 5.75 Å². The summed E-state index contributed by atoms with van der Waals surface area (Å²) in [5, 5.41) is 4.83. The third kappa shape index (κ3) is 5.91. The van der Waals surface area contributed by atoms with Crippen molar-refractivity contribution in [2.24, 2.45) is 11.0 Å². The molecule has 0 radical (unpaired) electrons. The summed E-state index contributed by atoms with van der Waals surface area (Å²) in [6, 6.07) is 14.5. The molecule has 0 saturated carbocycles. The first-order valence-electron chi connectivity index (χ1n) is 8.31. The van der Waals surface area contributed by atoms with Gasteiger partial charge in [-0.1, -0.05) is 37.6 Å². The molecule has 2 aromatic rings. The van der Waals surface area contributed by atoms with Crippen molar-refractivity contribution in [3.63, 3.8) is 0 Å². The zero-order valence-corrected chi connectivity index (χ0v) is 15.5. The van der Waals surface area contributed by atoms with E-state index in [9.17, 15) is 4.79 Å². The Kier molecular flexibility index (Phi) is 7.02. The van der Waals surface area contributed by atoms with Gasteiger partial charge in [-0.05, 0) is 61.2 Å². The molecule has 5 heteroatoms. The number of halogens is 1. The number of ether oxygens (including phenoxy) is 1. The molecule has 2 rings (SSSR count). The fourth-order valence-electron chi connectivity index (χ4n) is 2.06. The summed E-state index contributed by atoms with van der Waals surface area (Å²) in [4.78, 5) is 12.1. The average molecular weight is 359 g/mol. The lowest BCUT2D eigenvalue weighted by atomic mass is 10.1. The number of hydrogen-bond acceptors (Lipinski definition) is 3. The Labute approximate surface area is 153 Å². The maximum absolute atomic E-state index is 12.1. The van der Waals surface area contributed by atoms with Gasteiger partial charge in [-0.25, -0.2) is 5.43 Å². The lowest BCUT2D eigenvalue weighted by Gasteiger charge is -2.09. The summed E-state index contributed by atoms with van der Waals surface area (Å²) in [5.74, 6) is 0.890. The van der Waals surface area contributed by atoms with E-state index < -0.39 is 0 Å². The van der Waals surface area contributed by atoms with Gasteiger partial charge in [0.1, 0.15) is 12.4 Å². The minimum absolute atomic E-state index is 0.215. The van der Waals surface area contributed by atoms with Crippen LogP contribution in [0.2, 0.25) is 5.02 Å². The summed E-state index contributed by atoms with van der Waals surface area (Å²) < 4.78 is 5.68. The van der Waals surface area contributed by atoms with E-state index in [0.717, 1.165) is 23.4 Å². The molecule has 4 nitrogen and oxygen atoms in total. The smallest absolute Gasteiger partial charge is 0.271 e. The number of hydrazone groups is 1. The molecule has 0 heterocycles. The van der Waals surface area contributed by atoms with Gasteiger partial charge in [-0.3, -0.25) is 4.79 Å². The van der Waals surface area contributed by atoms with Crippen LogP contribution in [0.4, 0.5) is 0 Å². The van der Waals surface area contributed by atoms with Gasteiger partial charge in [0.25, 0.3) is 5.91 Å². The topological polar surface area (TPSA) is 50.7 Å². The maximum Gasteiger partial charge on any atom is 0.271 e. The standard InChI is InChI=1S/C20H23ClN2O2/c1-4-14(2)15(3)22-23-20(24)17-7-5-16(6-8-17)13-25-19-11-9-18(21)10-12-19/h5-12,14H,4,13H2,1-3H3,(H,23,24)/b22-15-/t14-/m0/s1. The number of rotatable bonds is 7. The van der Waals surface area contributed by atoms with Crippen molar-refractivity contribution >= 4 is 23.2 Å². The van der Waals surface area contributed by atoms with Gasteiger partial charge in [-0.15, -0.1) is 0 Å². The van der Waals surface area contributed by atoms with Crippen LogP contribution in [0.3, 0.4) is 0 Å². The molecule has 0 aromatic heterocycles. The zero-order chi connectivity index (χ0) is 18.2. The van der Waals surface area contributed by atoms with E-state index in [0.29, 0.717) is 23.1 Å². The zero-order valence-electron chi connectivity index (χ0n) is 14.8. The van der Waals surface area contributed by atoms with Crippen molar-refractivity contribution in [3.8, 4) is 5.75 Å². The summed E-state index contributed by atoms with van der Waals surface area (Å²) in [5.41, 5.74) is 5.07. The van der Waals surface area contributed by atoms with Gasteiger partial charge in [0.2, 0.25) is 0 Å². The molecule has 1 amide bonds.